The zero-order chi connectivity index (χ0) is 21.4. The average Bonchev–Trinajstić information content (AvgIpc) is 3.59. The lowest BCUT2D eigenvalue weighted by atomic mass is 9.96. The molecule has 1 N–H and O–H groups in total. The minimum Gasteiger partial charge on any atom is -0.368 e. The number of nitrogens with one attached hydrogen (secondary N) is 1. The minimum atomic E-state index is -0.279. The fourth-order valence-corrected chi connectivity index (χ4v) is 4.63. The van der Waals surface area contributed by atoms with Crippen LogP contribution < -0.4 is 10.2 Å². The van der Waals surface area contributed by atoms with Crippen LogP contribution in [0.25, 0.3) is 10.8 Å². The zero-order valence-corrected chi connectivity index (χ0v) is 17.8. The summed E-state index contributed by atoms with van der Waals surface area (Å²) in [5, 5.41) is 14.9. The van der Waals surface area contributed by atoms with Crippen molar-refractivity contribution in [2.24, 2.45) is 0 Å². The van der Waals surface area contributed by atoms with Crippen LogP contribution in [0.4, 0.5) is 5.69 Å². The summed E-state index contributed by atoms with van der Waals surface area (Å²) in [6.45, 7) is 5.01. The fraction of sp³-hybridized carbons (Fsp3) is 0.308. The number of carbonyl (C=O) groups excluding carboxylic acids is 1. The number of rotatable bonds is 4. The molecule has 31 heavy (non-hydrogen) atoms. The molecule has 1 amide bonds. The number of fused-ring (bicyclic) bond motifs is 1. The number of nitrogens with zero attached hydrogens (tertiary/aromatic N) is 3. The van der Waals surface area contributed by atoms with Crippen LogP contribution in [-0.2, 0) is 5.54 Å². The number of aryl methyl sites for hydroxylation is 1. The summed E-state index contributed by atoms with van der Waals surface area (Å²) in [5.41, 5.74) is 3.68. The molecule has 1 heterocycles. The number of carbonyl (C=O) groups is 1. The van der Waals surface area contributed by atoms with Gasteiger partial charge >= 0.3 is 0 Å². The number of nitriles is 1. The smallest absolute Gasteiger partial charge is 0.252 e. The van der Waals surface area contributed by atoms with Crippen molar-refractivity contribution in [2.75, 3.05) is 31.1 Å². The van der Waals surface area contributed by atoms with Gasteiger partial charge in [-0.1, -0.05) is 48.5 Å². The first-order chi connectivity index (χ1) is 15.1. The van der Waals surface area contributed by atoms with Gasteiger partial charge in [-0.25, -0.2) is 0 Å². The van der Waals surface area contributed by atoms with Crippen LogP contribution in [0, 0.1) is 18.4 Å². The summed E-state index contributed by atoms with van der Waals surface area (Å²) in [4.78, 5) is 17.4. The van der Waals surface area contributed by atoms with Crippen LogP contribution in [0.2, 0.25) is 0 Å². The summed E-state index contributed by atoms with van der Waals surface area (Å²) < 4.78 is 0. The molecule has 156 valence electrons. The Bertz CT molecular complexity index is 1180. The van der Waals surface area contributed by atoms with Crippen molar-refractivity contribution in [1.29, 1.82) is 5.26 Å². The number of anilines is 1. The molecule has 1 aliphatic carbocycles. The van der Waals surface area contributed by atoms with Crippen LogP contribution >= 0.6 is 0 Å². The Morgan fingerprint density at radius 1 is 1.00 bits per heavy atom. The molecule has 2 aliphatic rings. The molecular formula is C26H26N4O. The molecule has 1 aliphatic heterocycles. The van der Waals surface area contributed by atoms with Crippen molar-refractivity contribution >= 4 is 22.4 Å². The topological polar surface area (TPSA) is 59.4 Å². The number of amides is 1. The summed E-state index contributed by atoms with van der Waals surface area (Å²) in [5.74, 6) is -0.0135. The van der Waals surface area contributed by atoms with Crippen molar-refractivity contribution in [1.82, 2.24) is 10.2 Å². The summed E-state index contributed by atoms with van der Waals surface area (Å²) in [7, 11) is 0. The Labute approximate surface area is 182 Å². The van der Waals surface area contributed by atoms with Gasteiger partial charge in [-0.3, -0.25) is 4.79 Å². The monoisotopic (exact) mass is 410 g/mol. The van der Waals surface area contributed by atoms with E-state index in [0.717, 1.165) is 55.8 Å². The molecule has 1 saturated carbocycles. The second-order valence-electron chi connectivity index (χ2n) is 8.64. The maximum atomic E-state index is 13.4. The van der Waals surface area contributed by atoms with Crippen LogP contribution in [-0.4, -0.2) is 37.0 Å². The third kappa shape index (κ3) is 3.59. The van der Waals surface area contributed by atoms with E-state index >= 15 is 0 Å². The van der Waals surface area contributed by atoms with Gasteiger partial charge in [-0.05, 0) is 53.8 Å². The Morgan fingerprint density at radius 3 is 2.48 bits per heavy atom. The fourth-order valence-electron chi connectivity index (χ4n) is 4.63. The summed E-state index contributed by atoms with van der Waals surface area (Å²) in [6, 6.07) is 20.8. The maximum absolute atomic E-state index is 13.4. The molecule has 0 spiro atoms. The largest absolute Gasteiger partial charge is 0.368 e. The van der Waals surface area contributed by atoms with Crippen LogP contribution in [0.1, 0.15) is 34.3 Å². The first kappa shape index (κ1) is 19.4. The third-order valence-corrected chi connectivity index (χ3v) is 6.66. The molecular weight excluding hydrogens is 384 g/mol. The predicted molar refractivity (Wildman–Crippen MR) is 123 cm³/mol. The van der Waals surface area contributed by atoms with Gasteiger partial charge < -0.3 is 15.1 Å². The molecule has 0 aromatic heterocycles. The van der Waals surface area contributed by atoms with Gasteiger partial charge in [0.15, 0.2) is 6.19 Å². The quantitative estimate of drug-likeness (QED) is 0.656. The Balaban J connectivity index is 1.40. The Morgan fingerprint density at radius 2 is 1.74 bits per heavy atom. The molecule has 2 fully saturated rings. The number of hydrogen-bond donors (Lipinski definition) is 1. The summed E-state index contributed by atoms with van der Waals surface area (Å²) in [6.07, 6.45) is 4.14. The Hall–Kier alpha value is -3.52. The highest BCUT2D eigenvalue weighted by Crippen LogP contribution is 2.48. The predicted octanol–water partition coefficient (Wildman–Crippen LogP) is 4.17. The molecule has 0 unspecified atom stereocenters. The number of hydrogen-bond acceptors (Lipinski definition) is 4. The van der Waals surface area contributed by atoms with Crippen molar-refractivity contribution in [3.8, 4) is 6.19 Å². The highest BCUT2D eigenvalue weighted by atomic mass is 16.1. The molecule has 5 nitrogen and oxygen atoms in total. The Kier molecular flexibility index (Phi) is 4.78. The number of benzene rings is 3. The molecule has 1 saturated heterocycles. The van der Waals surface area contributed by atoms with Crippen molar-refractivity contribution in [3.05, 3.63) is 77.4 Å². The summed E-state index contributed by atoms with van der Waals surface area (Å²) >= 11 is 0. The highest BCUT2D eigenvalue weighted by Gasteiger charge is 2.46. The van der Waals surface area contributed by atoms with E-state index in [-0.39, 0.29) is 11.4 Å². The van der Waals surface area contributed by atoms with Crippen molar-refractivity contribution in [3.63, 3.8) is 0 Å². The van der Waals surface area contributed by atoms with E-state index in [1.165, 1.54) is 16.3 Å². The lowest BCUT2D eigenvalue weighted by molar-refractivity contribution is 0.0930. The highest BCUT2D eigenvalue weighted by molar-refractivity contribution is 5.98. The second-order valence-corrected chi connectivity index (χ2v) is 8.64. The van der Waals surface area contributed by atoms with Crippen LogP contribution in [0.5, 0.6) is 0 Å². The van der Waals surface area contributed by atoms with Gasteiger partial charge in [0.2, 0.25) is 0 Å². The zero-order valence-electron chi connectivity index (χ0n) is 17.8. The molecule has 0 radical (unpaired) electrons. The first-order valence-electron chi connectivity index (χ1n) is 10.9. The van der Waals surface area contributed by atoms with E-state index in [4.69, 9.17) is 5.26 Å². The molecule has 5 rings (SSSR count). The van der Waals surface area contributed by atoms with Crippen LogP contribution in [0.3, 0.4) is 0 Å². The standard InChI is InChI=1S/C26H26N4O/c1-19-9-10-21(30-15-13-29(18-27)14-16-30)17-23(19)25(31)28-26(11-12-26)24-8-4-6-20-5-2-3-7-22(20)24/h2-10,17H,11-16H2,1H3,(H,28,31). The first-order valence-corrected chi connectivity index (χ1v) is 10.9. The molecule has 3 aromatic rings. The SMILES string of the molecule is Cc1ccc(N2CCN(C#N)CC2)cc1C(=O)NC1(c2cccc3ccccc23)CC1. The lowest BCUT2D eigenvalue weighted by Gasteiger charge is -2.33. The van der Waals surface area contributed by atoms with Gasteiger partial charge in [-0.2, -0.15) is 5.26 Å². The molecule has 3 aromatic carbocycles. The lowest BCUT2D eigenvalue weighted by Crippen LogP contribution is -2.44. The molecule has 5 heteroatoms. The van der Waals surface area contributed by atoms with Gasteiger partial charge in [0.05, 0.1) is 5.54 Å². The van der Waals surface area contributed by atoms with Crippen LogP contribution in [0.15, 0.2) is 60.7 Å². The van der Waals surface area contributed by atoms with Crippen molar-refractivity contribution in [2.45, 2.75) is 25.3 Å². The van der Waals surface area contributed by atoms with Gasteiger partial charge in [-0.15, -0.1) is 0 Å². The van der Waals surface area contributed by atoms with E-state index in [1.807, 2.05) is 19.1 Å². The third-order valence-electron chi connectivity index (χ3n) is 6.66. The normalized spacial score (nSPS) is 17.3. The van der Waals surface area contributed by atoms with E-state index in [0.29, 0.717) is 0 Å². The van der Waals surface area contributed by atoms with Gasteiger partial charge in [0.1, 0.15) is 0 Å². The average molecular weight is 411 g/mol. The molecule has 0 bridgehead atoms. The van der Waals surface area contributed by atoms with E-state index in [1.54, 1.807) is 4.90 Å². The van der Waals surface area contributed by atoms with E-state index < -0.39 is 0 Å². The van der Waals surface area contributed by atoms with Gasteiger partial charge in [0.25, 0.3) is 5.91 Å². The second kappa shape index (κ2) is 7.63. The minimum absolute atomic E-state index is 0.0135. The maximum Gasteiger partial charge on any atom is 0.252 e. The molecule has 0 atom stereocenters. The number of piperazine rings is 1. The van der Waals surface area contributed by atoms with E-state index in [2.05, 4.69) is 64.9 Å². The van der Waals surface area contributed by atoms with E-state index in [9.17, 15) is 4.79 Å². The van der Waals surface area contributed by atoms with Crippen molar-refractivity contribution < 1.29 is 4.79 Å². The van der Waals surface area contributed by atoms with Gasteiger partial charge in [0, 0.05) is 37.4 Å².